The van der Waals surface area contributed by atoms with Crippen LogP contribution >= 0.6 is 11.8 Å². The predicted molar refractivity (Wildman–Crippen MR) is 119 cm³/mol. The van der Waals surface area contributed by atoms with Gasteiger partial charge in [0, 0.05) is 4.90 Å². The van der Waals surface area contributed by atoms with Gasteiger partial charge in [-0.1, -0.05) is 36.0 Å². The highest BCUT2D eigenvalue weighted by Gasteiger charge is 2.36. The van der Waals surface area contributed by atoms with Crippen LogP contribution in [0.4, 0.5) is 17.6 Å². The quantitative estimate of drug-likeness (QED) is 0.314. The van der Waals surface area contributed by atoms with Gasteiger partial charge in [0.25, 0.3) is 0 Å². The van der Waals surface area contributed by atoms with Gasteiger partial charge in [-0.25, -0.2) is 17.6 Å². The Morgan fingerprint density at radius 2 is 1.32 bits per heavy atom. The molecule has 0 unspecified atom stereocenters. The molecule has 0 aromatic heterocycles. The van der Waals surface area contributed by atoms with Crippen molar-refractivity contribution in [2.45, 2.75) is 73.9 Å². The van der Waals surface area contributed by atoms with Crippen molar-refractivity contribution >= 4 is 11.8 Å². The second kappa shape index (κ2) is 10.4. The van der Waals surface area contributed by atoms with Crippen molar-refractivity contribution in [3.8, 4) is 0 Å². The zero-order chi connectivity index (χ0) is 21.8. The number of hydrogen-bond donors (Lipinski definition) is 0. The molecule has 0 N–H and O–H groups in total. The molecule has 0 radical (unpaired) electrons. The van der Waals surface area contributed by atoms with Gasteiger partial charge in [-0.3, -0.25) is 0 Å². The minimum atomic E-state index is -1.52. The highest BCUT2D eigenvalue weighted by atomic mass is 32.2. The van der Waals surface area contributed by atoms with Crippen LogP contribution in [0.5, 0.6) is 0 Å². The highest BCUT2D eigenvalue weighted by Crippen LogP contribution is 2.45. The Morgan fingerprint density at radius 3 is 1.94 bits per heavy atom. The maximum Gasteiger partial charge on any atom is 0.181 e. The molecule has 0 nitrogen and oxygen atoms in total. The standard InChI is InChI=1S/C26H30F4S/c27-23-15-14-21(16-24(23)28)19-8-6-17(7-9-19)18-10-12-20(13-11-18)25(29)26(30)31-22-4-2-1-3-5-22/h1-5,14-20,25-26H,6-13H2/t17?,18?,19?,20?,25-,26-/m1/s1. The van der Waals surface area contributed by atoms with Gasteiger partial charge < -0.3 is 0 Å². The number of alkyl halides is 2. The summed E-state index contributed by atoms with van der Waals surface area (Å²) < 4.78 is 56.0. The molecule has 2 aliphatic rings. The van der Waals surface area contributed by atoms with Crippen LogP contribution in [0.1, 0.15) is 62.8 Å². The van der Waals surface area contributed by atoms with Crippen molar-refractivity contribution in [1.29, 1.82) is 0 Å². The summed E-state index contributed by atoms with van der Waals surface area (Å²) in [5, 5.41) is 0. The Labute approximate surface area is 186 Å². The van der Waals surface area contributed by atoms with E-state index in [1.165, 1.54) is 12.1 Å². The van der Waals surface area contributed by atoms with Gasteiger partial charge in [0.15, 0.2) is 17.1 Å². The Hall–Kier alpha value is -1.49. The molecule has 2 fully saturated rings. The van der Waals surface area contributed by atoms with Gasteiger partial charge in [0.05, 0.1) is 0 Å². The first kappa shape index (κ1) is 22.7. The second-order valence-corrected chi connectivity index (χ2v) is 10.3. The molecular formula is C26H30F4S. The van der Waals surface area contributed by atoms with E-state index < -0.39 is 23.3 Å². The van der Waals surface area contributed by atoms with E-state index in [1.807, 2.05) is 30.3 Å². The molecule has 0 bridgehead atoms. The van der Waals surface area contributed by atoms with Crippen LogP contribution in [0.2, 0.25) is 0 Å². The summed E-state index contributed by atoms with van der Waals surface area (Å²) in [5.41, 5.74) is -0.623. The van der Waals surface area contributed by atoms with Crippen LogP contribution in [0.25, 0.3) is 0 Å². The molecule has 5 heteroatoms. The minimum Gasteiger partial charge on any atom is -0.243 e. The highest BCUT2D eigenvalue weighted by molar-refractivity contribution is 7.99. The molecule has 2 atom stereocenters. The first-order valence-corrected chi connectivity index (χ1v) is 12.3. The lowest BCUT2D eigenvalue weighted by Gasteiger charge is -2.39. The van der Waals surface area contributed by atoms with Crippen LogP contribution < -0.4 is 0 Å². The zero-order valence-corrected chi connectivity index (χ0v) is 18.5. The Bertz CT molecular complexity index is 827. The monoisotopic (exact) mass is 450 g/mol. The van der Waals surface area contributed by atoms with Gasteiger partial charge in [-0.05, 0) is 105 Å². The molecular weight excluding hydrogens is 420 g/mol. The molecule has 168 valence electrons. The van der Waals surface area contributed by atoms with Gasteiger partial charge in [0.1, 0.15) is 6.17 Å². The average Bonchev–Trinajstić information content (AvgIpc) is 2.81. The van der Waals surface area contributed by atoms with Crippen molar-refractivity contribution in [1.82, 2.24) is 0 Å². The van der Waals surface area contributed by atoms with Crippen molar-refractivity contribution in [2.24, 2.45) is 17.8 Å². The Balaban J connectivity index is 1.23. The Kier molecular flexibility index (Phi) is 7.63. The summed E-state index contributed by atoms with van der Waals surface area (Å²) >= 11 is 0.982. The first-order chi connectivity index (χ1) is 15.0. The third-order valence-electron chi connectivity index (χ3n) is 7.36. The van der Waals surface area contributed by atoms with Gasteiger partial charge >= 0.3 is 0 Å². The smallest absolute Gasteiger partial charge is 0.181 e. The maximum atomic E-state index is 14.8. The minimum absolute atomic E-state index is 0.194. The number of rotatable bonds is 6. The lowest BCUT2D eigenvalue weighted by Crippen LogP contribution is -2.31. The first-order valence-electron chi connectivity index (χ1n) is 11.5. The van der Waals surface area contributed by atoms with Gasteiger partial charge in [-0.2, -0.15) is 0 Å². The van der Waals surface area contributed by atoms with Crippen molar-refractivity contribution in [2.75, 3.05) is 0 Å². The number of hydrogen-bond acceptors (Lipinski definition) is 1. The predicted octanol–water partition coefficient (Wildman–Crippen LogP) is 8.47. The molecule has 2 aromatic rings. The molecule has 0 heterocycles. The summed E-state index contributed by atoms with van der Waals surface area (Å²) in [7, 11) is 0. The lowest BCUT2D eigenvalue weighted by molar-refractivity contribution is 0.0912. The van der Waals surface area contributed by atoms with E-state index in [0.717, 1.165) is 73.6 Å². The van der Waals surface area contributed by atoms with Gasteiger partial charge in [0.2, 0.25) is 0 Å². The van der Waals surface area contributed by atoms with Crippen LogP contribution in [0.15, 0.2) is 53.4 Å². The molecule has 2 saturated carbocycles. The lowest BCUT2D eigenvalue weighted by atomic mass is 9.68. The number of halogens is 4. The molecule has 0 aliphatic heterocycles. The van der Waals surface area contributed by atoms with E-state index in [9.17, 15) is 17.6 Å². The van der Waals surface area contributed by atoms with Crippen LogP contribution in [0, 0.1) is 29.4 Å². The number of thioether (sulfide) groups is 1. The summed E-state index contributed by atoms with van der Waals surface area (Å²) in [5.74, 6) is -0.274. The van der Waals surface area contributed by atoms with E-state index in [4.69, 9.17) is 0 Å². The van der Waals surface area contributed by atoms with E-state index >= 15 is 0 Å². The van der Waals surface area contributed by atoms with E-state index in [0.29, 0.717) is 17.8 Å². The van der Waals surface area contributed by atoms with Crippen LogP contribution in [-0.2, 0) is 0 Å². The van der Waals surface area contributed by atoms with Gasteiger partial charge in [-0.15, -0.1) is 0 Å². The van der Waals surface area contributed by atoms with Crippen LogP contribution in [-0.4, -0.2) is 11.7 Å². The molecule has 0 amide bonds. The fourth-order valence-electron chi connectivity index (χ4n) is 5.53. The van der Waals surface area contributed by atoms with Crippen molar-refractivity contribution < 1.29 is 17.6 Å². The van der Waals surface area contributed by atoms with Crippen molar-refractivity contribution in [3.63, 3.8) is 0 Å². The summed E-state index contributed by atoms with van der Waals surface area (Å²) in [6.45, 7) is 0. The number of benzene rings is 2. The average molecular weight is 451 g/mol. The van der Waals surface area contributed by atoms with E-state index in [-0.39, 0.29) is 5.92 Å². The largest absolute Gasteiger partial charge is 0.243 e. The van der Waals surface area contributed by atoms with Crippen LogP contribution in [0.3, 0.4) is 0 Å². The maximum absolute atomic E-state index is 14.8. The summed E-state index contributed by atoms with van der Waals surface area (Å²) in [4.78, 5) is 0.768. The fourth-order valence-corrected chi connectivity index (χ4v) is 6.46. The molecule has 2 aromatic carbocycles. The molecule has 2 aliphatic carbocycles. The third-order valence-corrected chi connectivity index (χ3v) is 8.39. The van der Waals surface area contributed by atoms with E-state index in [2.05, 4.69) is 0 Å². The molecule has 0 spiro atoms. The van der Waals surface area contributed by atoms with E-state index in [1.54, 1.807) is 6.07 Å². The second-order valence-electron chi connectivity index (χ2n) is 9.19. The SMILES string of the molecule is Fc1ccc(C2CCC(C3CCC([C@@H](F)[C@H](F)Sc4ccccc4)CC3)CC2)cc1F. The summed E-state index contributed by atoms with van der Waals surface area (Å²) in [6.07, 6.45) is 6.15. The van der Waals surface area contributed by atoms with Crippen molar-refractivity contribution in [3.05, 3.63) is 65.7 Å². The molecule has 31 heavy (non-hydrogen) atoms. The molecule has 4 rings (SSSR count). The summed E-state index contributed by atoms with van der Waals surface area (Å²) in [6, 6.07) is 13.5. The molecule has 0 saturated heterocycles. The third kappa shape index (κ3) is 5.66. The normalized spacial score (nSPS) is 28.8. The zero-order valence-electron chi connectivity index (χ0n) is 17.7. The Morgan fingerprint density at radius 1 is 0.710 bits per heavy atom. The fraction of sp³-hybridized carbons (Fsp3) is 0.538. The topological polar surface area (TPSA) is 0 Å².